The summed E-state index contributed by atoms with van der Waals surface area (Å²) in [4.78, 5) is 11.8. The van der Waals surface area contributed by atoms with Crippen LogP contribution in [0, 0.1) is 11.8 Å². The molecule has 0 unspecified atom stereocenters. The van der Waals surface area contributed by atoms with Crippen LogP contribution in [-0.4, -0.2) is 23.7 Å². The van der Waals surface area contributed by atoms with E-state index in [1.54, 1.807) is 24.3 Å². The molecule has 0 aliphatic heterocycles. The summed E-state index contributed by atoms with van der Waals surface area (Å²) in [5, 5.41) is 11.5. The average Bonchev–Trinajstić information content (AvgIpc) is 2.31. The van der Waals surface area contributed by atoms with Crippen LogP contribution >= 0.6 is 0 Å². The Morgan fingerprint density at radius 2 is 2.06 bits per heavy atom. The molecule has 0 aromatic heterocycles. The maximum Gasteiger partial charge on any atom is 0.251 e. The van der Waals surface area contributed by atoms with Crippen LogP contribution in [0.25, 0.3) is 0 Å². The van der Waals surface area contributed by atoms with E-state index in [0.717, 1.165) is 18.4 Å². The molecule has 0 atom stereocenters. The van der Waals surface area contributed by atoms with Crippen molar-refractivity contribution < 1.29 is 9.90 Å². The van der Waals surface area contributed by atoms with Crippen molar-refractivity contribution >= 4 is 5.91 Å². The number of amides is 1. The topological polar surface area (TPSA) is 49.3 Å². The minimum Gasteiger partial charge on any atom is -0.384 e. The molecule has 3 nitrogen and oxygen atoms in total. The summed E-state index contributed by atoms with van der Waals surface area (Å²) in [6, 6.07) is 7.46. The second-order valence-corrected chi connectivity index (χ2v) is 4.14. The lowest BCUT2D eigenvalue weighted by Crippen LogP contribution is -2.39. The number of rotatable bonds is 2. The average molecular weight is 229 g/mol. The molecule has 2 rings (SSSR count). The SMILES string of the molecule is O=C(NC1CCC1)c1ccc(C#CCO)cc1. The van der Waals surface area contributed by atoms with Crippen molar-refractivity contribution in [3.63, 3.8) is 0 Å². The normalized spacial score (nSPS) is 14.4. The van der Waals surface area contributed by atoms with Crippen molar-refractivity contribution in [3.05, 3.63) is 35.4 Å². The third kappa shape index (κ3) is 3.08. The van der Waals surface area contributed by atoms with Crippen LogP contribution in [0.4, 0.5) is 0 Å². The van der Waals surface area contributed by atoms with Crippen LogP contribution in [0.5, 0.6) is 0 Å². The molecule has 88 valence electrons. The van der Waals surface area contributed by atoms with Crippen molar-refractivity contribution in [1.29, 1.82) is 0 Å². The fourth-order valence-corrected chi connectivity index (χ4v) is 1.67. The Morgan fingerprint density at radius 3 is 2.59 bits per heavy atom. The number of aliphatic hydroxyl groups excluding tert-OH is 1. The molecule has 0 bridgehead atoms. The van der Waals surface area contributed by atoms with Crippen molar-refractivity contribution in [2.45, 2.75) is 25.3 Å². The molecule has 1 aromatic carbocycles. The Labute approximate surface area is 101 Å². The molecule has 0 radical (unpaired) electrons. The molecule has 0 saturated heterocycles. The van der Waals surface area contributed by atoms with E-state index in [1.807, 2.05) is 0 Å². The molecule has 0 spiro atoms. The lowest BCUT2D eigenvalue weighted by Gasteiger charge is -2.26. The molecule has 1 fully saturated rings. The second-order valence-electron chi connectivity index (χ2n) is 4.14. The van der Waals surface area contributed by atoms with Crippen LogP contribution in [0.3, 0.4) is 0 Å². The molecule has 1 aromatic rings. The molecule has 1 aliphatic carbocycles. The minimum absolute atomic E-state index is 0.0173. The Bertz CT molecular complexity index is 449. The third-order valence-corrected chi connectivity index (χ3v) is 2.90. The molecule has 1 amide bonds. The van der Waals surface area contributed by atoms with E-state index >= 15 is 0 Å². The van der Waals surface area contributed by atoms with E-state index in [2.05, 4.69) is 17.2 Å². The van der Waals surface area contributed by atoms with E-state index in [9.17, 15) is 4.79 Å². The Morgan fingerprint density at radius 1 is 1.35 bits per heavy atom. The predicted molar refractivity (Wildman–Crippen MR) is 65.5 cm³/mol. The number of hydrogen-bond acceptors (Lipinski definition) is 2. The fourth-order valence-electron chi connectivity index (χ4n) is 1.67. The van der Waals surface area contributed by atoms with Gasteiger partial charge in [-0.25, -0.2) is 0 Å². The van der Waals surface area contributed by atoms with Crippen molar-refractivity contribution in [3.8, 4) is 11.8 Å². The molecule has 1 saturated carbocycles. The van der Waals surface area contributed by atoms with Gasteiger partial charge in [-0.2, -0.15) is 0 Å². The number of carbonyl (C=O) groups is 1. The van der Waals surface area contributed by atoms with Gasteiger partial charge >= 0.3 is 0 Å². The Kier molecular flexibility index (Phi) is 3.79. The van der Waals surface area contributed by atoms with Gasteiger partial charge in [-0.1, -0.05) is 11.8 Å². The summed E-state index contributed by atoms with van der Waals surface area (Å²) in [5.41, 5.74) is 1.46. The Hall–Kier alpha value is -1.79. The van der Waals surface area contributed by atoms with E-state index in [1.165, 1.54) is 6.42 Å². The summed E-state index contributed by atoms with van der Waals surface area (Å²) in [6.07, 6.45) is 3.39. The van der Waals surface area contributed by atoms with Gasteiger partial charge in [0.1, 0.15) is 6.61 Å². The third-order valence-electron chi connectivity index (χ3n) is 2.90. The van der Waals surface area contributed by atoms with Crippen LogP contribution < -0.4 is 5.32 Å². The van der Waals surface area contributed by atoms with Gasteiger partial charge in [0.2, 0.25) is 0 Å². The van der Waals surface area contributed by atoms with Crippen molar-refractivity contribution in [2.24, 2.45) is 0 Å². The van der Waals surface area contributed by atoms with Gasteiger partial charge < -0.3 is 10.4 Å². The first-order chi connectivity index (χ1) is 8.29. The Balaban J connectivity index is 1.98. The van der Waals surface area contributed by atoms with Gasteiger partial charge in [0.15, 0.2) is 0 Å². The number of hydrogen-bond donors (Lipinski definition) is 2. The summed E-state index contributed by atoms with van der Waals surface area (Å²) < 4.78 is 0. The van der Waals surface area contributed by atoms with Crippen LogP contribution in [0.15, 0.2) is 24.3 Å². The van der Waals surface area contributed by atoms with Gasteiger partial charge in [0.05, 0.1) is 0 Å². The zero-order valence-electron chi connectivity index (χ0n) is 9.57. The molecular formula is C14H15NO2. The first kappa shape index (κ1) is 11.7. The van der Waals surface area contributed by atoms with E-state index < -0.39 is 0 Å². The van der Waals surface area contributed by atoms with Crippen molar-refractivity contribution in [1.82, 2.24) is 5.32 Å². The number of benzene rings is 1. The minimum atomic E-state index is -0.149. The zero-order chi connectivity index (χ0) is 12.1. The largest absolute Gasteiger partial charge is 0.384 e. The lowest BCUT2D eigenvalue weighted by molar-refractivity contribution is 0.0917. The number of nitrogens with one attached hydrogen (secondary N) is 1. The maximum absolute atomic E-state index is 11.8. The zero-order valence-corrected chi connectivity index (χ0v) is 9.57. The maximum atomic E-state index is 11.8. The van der Waals surface area contributed by atoms with Gasteiger partial charge in [0, 0.05) is 17.2 Å². The summed E-state index contributed by atoms with van der Waals surface area (Å²) >= 11 is 0. The quantitative estimate of drug-likeness (QED) is 0.751. The van der Waals surface area contributed by atoms with E-state index in [-0.39, 0.29) is 12.5 Å². The van der Waals surface area contributed by atoms with E-state index in [4.69, 9.17) is 5.11 Å². The second kappa shape index (κ2) is 5.51. The van der Waals surface area contributed by atoms with Gasteiger partial charge in [0.25, 0.3) is 5.91 Å². The molecule has 2 N–H and O–H groups in total. The predicted octanol–water partition coefficient (Wildman–Crippen LogP) is 1.31. The van der Waals surface area contributed by atoms with Crippen LogP contribution in [0.2, 0.25) is 0 Å². The molecule has 0 heterocycles. The monoisotopic (exact) mass is 229 g/mol. The van der Waals surface area contributed by atoms with Crippen LogP contribution in [-0.2, 0) is 0 Å². The summed E-state index contributed by atoms with van der Waals surface area (Å²) in [7, 11) is 0. The van der Waals surface area contributed by atoms with E-state index in [0.29, 0.717) is 11.6 Å². The highest BCUT2D eigenvalue weighted by atomic mass is 16.2. The highest BCUT2D eigenvalue weighted by molar-refractivity contribution is 5.94. The summed E-state index contributed by atoms with van der Waals surface area (Å²) in [6.45, 7) is -0.149. The van der Waals surface area contributed by atoms with Gasteiger partial charge in [-0.3, -0.25) is 4.79 Å². The standard InChI is InChI=1S/C14H15NO2/c16-10-2-3-11-6-8-12(9-7-11)14(17)15-13-4-1-5-13/h6-9,13,16H,1,4-5,10H2,(H,15,17). The molecule has 1 aliphatic rings. The van der Waals surface area contributed by atoms with Crippen LogP contribution in [0.1, 0.15) is 35.2 Å². The van der Waals surface area contributed by atoms with Gasteiger partial charge in [-0.05, 0) is 43.5 Å². The molecule has 17 heavy (non-hydrogen) atoms. The molecule has 3 heteroatoms. The number of carbonyl (C=O) groups excluding carboxylic acids is 1. The highest BCUT2D eigenvalue weighted by Gasteiger charge is 2.19. The first-order valence-corrected chi connectivity index (χ1v) is 5.80. The highest BCUT2D eigenvalue weighted by Crippen LogP contribution is 2.18. The van der Waals surface area contributed by atoms with Crippen molar-refractivity contribution in [2.75, 3.05) is 6.61 Å². The summed E-state index contributed by atoms with van der Waals surface area (Å²) in [5.74, 6) is 5.34. The van der Waals surface area contributed by atoms with Gasteiger partial charge in [-0.15, -0.1) is 0 Å². The smallest absolute Gasteiger partial charge is 0.251 e. The number of aliphatic hydroxyl groups is 1. The molecular weight excluding hydrogens is 214 g/mol. The first-order valence-electron chi connectivity index (χ1n) is 5.80. The lowest BCUT2D eigenvalue weighted by atomic mass is 9.93. The fraction of sp³-hybridized carbons (Fsp3) is 0.357.